The fraction of sp³-hybridized carbons (Fsp3) is 1.00. The molecule has 13 heavy (non-hydrogen) atoms. The van der Waals surface area contributed by atoms with E-state index in [1.54, 1.807) is 0 Å². The highest BCUT2D eigenvalue weighted by atomic mass is 14.3. The van der Waals surface area contributed by atoms with E-state index in [0.29, 0.717) is 0 Å². The molecule has 0 aromatic heterocycles. The van der Waals surface area contributed by atoms with Crippen LogP contribution in [0.15, 0.2) is 0 Å². The van der Waals surface area contributed by atoms with Crippen molar-refractivity contribution in [2.75, 3.05) is 0 Å². The van der Waals surface area contributed by atoms with E-state index in [1.165, 1.54) is 32.1 Å². The van der Waals surface area contributed by atoms with Gasteiger partial charge in [0.25, 0.3) is 0 Å². The van der Waals surface area contributed by atoms with E-state index in [0.717, 1.165) is 23.7 Å². The standard InChI is InChI=1S/C13H26/c1-10(2)9-12-7-5-6-8-13(12)11(3)4/h10-13H,5-9H2,1-4H3. The number of hydrogen-bond acceptors (Lipinski definition) is 0. The molecule has 0 aliphatic heterocycles. The first kappa shape index (κ1) is 11.1. The second-order valence-electron chi connectivity index (χ2n) is 5.58. The summed E-state index contributed by atoms with van der Waals surface area (Å²) in [4.78, 5) is 0. The Morgan fingerprint density at radius 3 is 2.15 bits per heavy atom. The lowest BCUT2D eigenvalue weighted by atomic mass is 9.71. The SMILES string of the molecule is CC(C)CC1CCCCC1C(C)C. The molecule has 78 valence electrons. The molecule has 2 unspecified atom stereocenters. The summed E-state index contributed by atoms with van der Waals surface area (Å²) in [6.45, 7) is 9.55. The lowest BCUT2D eigenvalue weighted by molar-refractivity contribution is 0.156. The Bertz CT molecular complexity index is 135. The highest BCUT2D eigenvalue weighted by Crippen LogP contribution is 2.38. The molecule has 0 aromatic rings. The molecule has 0 amide bonds. The van der Waals surface area contributed by atoms with Gasteiger partial charge in [-0.25, -0.2) is 0 Å². The predicted octanol–water partition coefficient (Wildman–Crippen LogP) is 4.49. The topological polar surface area (TPSA) is 0 Å². The van der Waals surface area contributed by atoms with Gasteiger partial charge in [-0.2, -0.15) is 0 Å². The van der Waals surface area contributed by atoms with E-state index >= 15 is 0 Å². The molecule has 2 atom stereocenters. The summed E-state index contributed by atoms with van der Waals surface area (Å²) in [6.07, 6.45) is 7.43. The van der Waals surface area contributed by atoms with Gasteiger partial charge in [0, 0.05) is 0 Å². The summed E-state index contributed by atoms with van der Waals surface area (Å²) in [6, 6.07) is 0. The van der Waals surface area contributed by atoms with Gasteiger partial charge in [-0.3, -0.25) is 0 Å². The van der Waals surface area contributed by atoms with Crippen LogP contribution >= 0.6 is 0 Å². The van der Waals surface area contributed by atoms with E-state index < -0.39 is 0 Å². The smallest absolute Gasteiger partial charge is 0.0363 e. The quantitative estimate of drug-likeness (QED) is 0.603. The van der Waals surface area contributed by atoms with Gasteiger partial charge in [-0.1, -0.05) is 47.0 Å². The maximum atomic E-state index is 2.41. The Morgan fingerprint density at radius 2 is 1.62 bits per heavy atom. The Kier molecular flexibility index (Phi) is 4.28. The summed E-state index contributed by atoms with van der Waals surface area (Å²) in [5, 5.41) is 0. The second kappa shape index (κ2) is 5.02. The van der Waals surface area contributed by atoms with Crippen LogP contribution in [0.4, 0.5) is 0 Å². The van der Waals surface area contributed by atoms with Crippen molar-refractivity contribution in [3.05, 3.63) is 0 Å². The Morgan fingerprint density at radius 1 is 1.00 bits per heavy atom. The fourth-order valence-corrected chi connectivity index (χ4v) is 3.01. The molecule has 0 nitrogen and oxygen atoms in total. The maximum absolute atomic E-state index is 2.41. The van der Waals surface area contributed by atoms with Crippen LogP contribution in [0.1, 0.15) is 59.8 Å². The molecular formula is C13H26. The first-order valence-corrected chi connectivity index (χ1v) is 6.11. The normalized spacial score (nSPS) is 30.0. The van der Waals surface area contributed by atoms with E-state index in [9.17, 15) is 0 Å². The van der Waals surface area contributed by atoms with Crippen LogP contribution in [0.25, 0.3) is 0 Å². The van der Waals surface area contributed by atoms with Crippen LogP contribution in [0.2, 0.25) is 0 Å². The molecule has 1 fully saturated rings. The molecule has 0 aromatic carbocycles. The van der Waals surface area contributed by atoms with Crippen LogP contribution in [0.3, 0.4) is 0 Å². The first-order valence-electron chi connectivity index (χ1n) is 6.11. The van der Waals surface area contributed by atoms with Gasteiger partial charge in [0.05, 0.1) is 0 Å². The third-order valence-electron chi connectivity index (χ3n) is 3.60. The molecule has 0 N–H and O–H groups in total. The van der Waals surface area contributed by atoms with Crippen molar-refractivity contribution in [1.82, 2.24) is 0 Å². The van der Waals surface area contributed by atoms with E-state index in [1.807, 2.05) is 0 Å². The number of rotatable bonds is 3. The Hall–Kier alpha value is 0. The average Bonchev–Trinajstić information content (AvgIpc) is 2.03. The van der Waals surface area contributed by atoms with Crippen LogP contribution < -0.4 is 0 Å². The Balaban J connectivity index is 2.46. The molecule has 1 saturated carbocycles. The monoisotopic (exact) mass is 182 g/mol. The van der Waals surface area contributed by atoms with Crippen molar-refractivity contribution in [3.63, 3.8) is 0 Å². The van der Waals surface area contributed by atoms with Crippen molar-refractivity contribution in [2.45, 2.75) is 59.8 Å². The van der Waals surface area contributed by atoms with Gasteiger partial charge in [0.1, 0.15) is 0 Å². The van der Waals surface area contributed by atoms with Crippen molar-refractivity contribution in [1.29, 1.82) is 0 Å². The largest absolute Gasteiger partial charge is 0.0628 e. The minimum absolute atomic E-state index is 0.893. The van der Waals surface area contributed by atoms with Gasteiger partial charge < -0.3 is 0 Å². The zero-order valence-corrected chi connectivity index (χ0v) is 9.84. The van der Waals surface area contributed by atoms with Gasteiger partial charge in [0.2, 0.25) is 0 Å². The third kappa shape index (κ3) is 3.32. The molecule has 1 rings (SSSR count). The van der Waals surface area contributed by atoms with Crippen molar-refractivity contribution in [2.24, 2.45) is 23.7 Å². The third-order valence-corrected chi connectivity index (χ3v) is 3.60. The second-order valence-corrected chi connectivity index (χ2v) is 5.58. The zero-order valence-electron chi connectivity index (χ0n) is 9.84. The summed E-state index contributed by atoms with van der Waals surface area (Å²) < 4.78 is 0. The molecule has 0 heteroatoms. The molecule has 0 bridgehead atoms. The molecular weight excluding hydrogens is 156 g/mol. The van der Waals surface area contributed by atoms with Crippen molar-refractivity contribution in [3.8, 4) is 0 Å². The van der Waals surface area contributed by atoms with Gasteiger partial charge in [-0.05, 0) is 36.5 Å². The van der Waals surface area contributed by atoms with Gasteiger partial charge in [0.15, 0.2) is 0 Å². The van der Waals surface area contributed by atoms with Crippen molar-refractivity contribution < 1.29 is 0 Å². The van der Waals surface area contributed by atoms with E-state index in [4.69, 9.17) is 0 Å². The first-order chi connectivity index (χ1) is 6.11. The Labute approximate surface area is 84.1 Å². The van der Waals surface area contributed by atoms with Crippen LogP contribution in [-0.2, 0) is 0 Å². The average molecular weight is 182 g/mol. The van der Waals surface area contributed by atoms with Crippen LogP contribution in [-0.4, -0.2) is 0 Å². The van der Waals surface area contributed by atoms with E-state index in [-0.39, 0.29) is 0 Å². The maximum Gasteiger partial charge on any atom is -0.0363 e. The van der Waals surface area contributed by atoms with Gasteiger partial charge in [-0.15, -0.1) is 0 Å². The summed E-state index contributed by atoms with van der Waals surface area (Å²) in [5.74, 6) is 3.86. The molecule has 0 spiro atoms. The highest BCUT2D eigenvalue weighted by Gasteiger charge is 2.27. The van der Waals surface area contributed by atoms with Crippen molar-refractivity contribution >= 4 is 0 Å². The minimum atomic E-state index is 0.893. The molecule has 1 aliphatic rings. The highest BCUT2D eigenvalue weighted by molar-refractivity contribution is 4.78. The molecule has 1 aliphatic carbocycles. The summed E-state index contributed by atoms with van der Waals surface area (Å²) in [5.41, 5.74) is 0. The predicted molar refractivity (Wildman–Crippen MR) is 59.7 cm³/mol. The van der Waals surface area contributed by atoms with Gasteiger partial charge >= 0.3 is 0 Å². The molecule has 0 saturated heterocycles. The number of hydrogen-bond donors (Lipinski definition) is 0. The van der Waals surface area contributed by atoms with Crippen LogP contribution in [0.5, 0.6) is 0 Å². The molecule has 0 radical (unpaired) electrons. The summed E-state index contributed by atoms with van der Waals surface area (Å²) >= 11 is 0. The lowest BCUT2D eigenvalue weighted by Gasteiger charge is -2.35. The summed E-state index contributed by atoms with van der Waals surface area (Å²) in [7, 11) is 0. The lowest BCUT2D eigenvalue weighted by Crippen LogP contribution is -2.25. The zero-order chi connectivity index (χ0) is 9.84. The fourth-order valence-electron chi connectivity index (χ4n) is 3.01. The van der Waals surface area contributed by atoms with E-state index in [2.05, 4.69) is 27.7 Å². The molecule has 0 heterocycles. The van der Waals surface area contributed by atoms with Crippen LogP contribution in [0, 0.1) is 23.7 Å². The minimum Gasteiger partial charge on any atom is -0.0628 e.